The number of hydrogen-bond donors (Lipinski definition) is 0. The van der Waals surface area contributed by atoms with Crippen molar-refractivity contribution in [2.45, 2.75) is 116 Å². The summed E-state index contributed by atoms with van der Waals surface area (Å²) in [7, 11) is 0. The standard InChI is InChI=1S/3C48H36N2/c1-47(2)40-16-9-7-12-32(40)34-21-18-30(27-42(34)47)29-19-23-38-39(26-29)44(36-14-5-6-15-37(36)45(38)46-49-24-11-25-50-46)31-20-22-35-33-13-8-10-17-41(33)48(3,4)43(35)28-31;1-47(2)40-15-9-7-11-32(40)34-20-17-30(26-42(34)47)29-18-22-38-39(25-29)45(36-13-5-6-14-37(36)46(38)44-28-49-23-24-50-44)31-19-21-35-33-12-8-10-16-41(33)48(3,4)43(35)27-31;1-47(2)40-15-9-7-11-32(40)34-20-17-30(26-42(34)47)29-18-22-38-39(25-29)45(36-13-5-6-14-37(36)46(38)44-23-24-49-28-50-44)31-19-21-35-33-12-8-10-16-41(33)48(3,4)43(35)27-31/h3*5-28H,1-4H3. The van der Waals surface area contributed by atoms with Crippen molar-refractivity contribution in [3.8, 4) is 167 Å². The summed E-state index contributed by atoms with van der Waals surface area (Å²) >= 11 is 0. The second-order valence-corrected chi connectivity index (χ2v) is 45.0. The fourth-order valence-electron chi connectivity index (χ4n) is 27.3. The summed E-state index contributed by atoms with van der Waals surface area (Å²) in [5.41, 5.74) is 52.3. The summed E-state index contributed by atoms with van der Waals surface area (Å²) in [4.78, 5) is 27.9. The van der Waals surface area contributed by atoms with Crippen LogP contribution in [0, 0.1) is 0 Å². The largest absolute Gasteiger partial charge is 0.261 e. The molecule has 0 fully saturated rings. The number of hydrogen-bond acceptors (Lipinski definition) is 6. The molecule has 0 atom stereocenters. The van der Waals surface area contributed by atoms with Gasteiger partial charge in [-0.05, 0) is 332 Å². The van der Waals surface area contributed by atoms with Crippen molar-refractivity contribution < 1.29 is 0 Å². The van der Waals surface area contributed by atoms with E-state index >= 15 is 0 Å². The maximum absolute atomic E-state index is 4.83. The first-order valence-corrected chi connectivity index (χ1v) is 52.7. The lowest BCUT2D eigenvalue weighted by atomic mass is 9.80. The molecule has 6 nitrogen and oxygen atoms in total. The van der Waals surface area contributed by atoms with Gasteiger partial charge in [-0.3, -0.25) is 9.97 Å². The van der Waals surface area contributed by atoms with E-state index in [2.05, 4.69) is 475 Å². The molecule has 0 bridgehead atoms. The SMILES string of the molecule is CC1(C)c2ccccc2-c2ccc(-c3ccc4c(-c5ccncn5)c5ccccc5c(-c5ccc6c(c5)C(C)(C)c5ccccc5-6)c4c3)cc21.CC1(C)c2ccccc2-c2ccc(-c3ccc4c(-c5cnccn5)c5ccccc5c(-c5ccc6c(c5)C(C)(C)c5ccccc5-6)c4c3)cc21.CC1(C)c2ccccc2-c2ccc(-c3ccc4c(-c5ncccn5)c5ccccc5c(-c5ccc6c(c5)C(C)(C)c5ccccc5-6)c4c3)cc21. The lowest BCUT2D eigenvalue weighted by molar-refractivity contribution is 0.660. The van der Waals surface area contributed by atoms with Crippen molar-refractivity contribution in [2.75, 3.05) is 0 Å². The molecule has 0 spiro atoms. The summed E-state index contributed by atoms with van der Waals surface area (Å²) in [6, 6.07) is 147. The van der Waals surface area contributed by atoms with Crippen molar-refractivity contribution in [3.63, 3.8) is 0 Å². The molecule has 0 N–H and O–H groups in total. The molecule has 150 heavy (non-hydrogen) atoms. The Morgan fingerprint density at radius 3 is 0.680 bits per heavy atom. The number of benzene rings is 21. The molecule has 0 aliphatic heterocycles. The maximum atomic E-state index is 4.83. The predicted octanol–water partition coefficient (Wildman–Crippen LogP) is 37.2. The van der Waals surface area contributed by atoms with Crippen LogP contribution in [0.15, 0.2) is 438 Å². The van der Waals surface area contributed by atoms with Crippen LogP contribution < -0.4 is 0 Å². The van der Waals surface area contributed by atoms with E-state index < -0.39 is 0 Å². The van der Waals surface area contributed by atoms with Gasteiger partial charge in [-0.25, -0.2) is 19.9 Å². The third-order valence-electron chi connectivity index (χ3n) is 34.9. The topological polar surface area (TPSA) is 77.3 Å². The zero-order valence-corrected chi connectivity index (χ0v) is 86.3. The molecule has 21 aromatic carbocycles. The van der Waals surface area contributed by atoms with Crippen molar-refractivity contribution in [1.82, 2.24) is 29.9 Å². The molecular weight excluding hydrogens is 1810 g/mol. The van der Waals surface area contributed by atoms with E-state index in [0.29, 0.717) is 0 Å². The van der Waals surface area contributed by atoms with E-state index in [1.165, 1.54) is 254 Å². The second-order valence-electron chi connectivity index (χ2n) is 45.0. The maximum Gasteiger partial charge on any atom is 0.160 e. The van der Waals surface area contributed by atoms with Gasteiger partial charge >= 0.3 is 0 Å². The van der Waals surface area contributed by atoms with Crippen LogP contribution in [0.2, 0.25) is 0 Å². The highest BCUT2D eigenvalue weighted by molar-refractivity contribution is 6.25. The molecule has 0 unspecified atom stereocenters. The van der Waals surface area contributed by atoms with Crippen molar-refractivity contribution in [3.05, 3.63) is 505 Å². The second kappa shape index (κ2) is 33.5. The third-order valence-corrected chi connectivity index (χ3v) is 34.9. The van der Waals surface area contributed by atoms with Gasteiger partial charge in [0.1, 0.15) is 6.33 Å². The fourth-order valence-corrected chi connectivity index (χ4v) is 27.3. The minimum atomic E-state index is -0.0919. The number of aromatic nitrogens is 6. The molecule has 6 aliphatic carbocycles. The molecule has 714 valence electrons. The number of rotatable bonds is 9. The van der Waals surface area contributed by atoms with E-state index in [4.69, 9.17) is 19.9 Å². The first kappa shape index (κ1) is 90.0. The van der Waals surface area contributed by atoms with Crippen LogP contribution in [0.1, 0.15) is 150 Å². The van der Waals surface area contributed by atoms with E-state index in [1.807, 2.05) is 36.9 Å². The molecule has 0 saturated carbocycles. The molecule has 0 saturated heterocycles. The van der Waals surface area contributed by atoms with E-state index in [9.17, 15) is 0 Å². The summed E-state index contributed by atoms with van der Waals surface area (Å²) in [5, 5.41) is 14.4. The minimum Gasteiger partial charge on any atom is -0.261 e. The molecule has 0 amide bonds. The van der Waals surface area contributed by atoms with Gasteiger partial charge in [0, 0.05) is 80.2 Å². The van der Waals surface area contributed by atoms with Crippen molar-refractivity contribution >= 4 is 64.6 Å². The highest BCUT2D eigenvalue weighted by Gasteiger charge is 2.43. The van der Waals surface area contributed by atoms with Gasteiger partial charge in [-0.1, -0.05) is 411 Å². The highest BCUT2D eigenvalue weighted by atomic mass is 14.9. The van der Waals surface area contributed by atoms with Gasteiger partial charge in [-0.15, -0.1) is 0 Å². The van der Waals surface area contributed by atoms with Crippen LogP contribution in [0.25, 0.3) is 232 Å². The molecule has 3 heterocycles. The molecular formula is C144H108N6. The normalized spacial score (nSPS) is 14.7. The van der Waals surface area contributed by atoms with Crippen LogP contribution >= 0.6 is 0 Å². The first-order valence-electron chi connectivity index (χ1n) is 52.7. The Morgan fingerprint density at radius 2 is 0.387 bits per heavy atom. The van der Waals surface area contributed by atoms with Crippen LogP contribution in [-0.2, 0) is 32.5 Å². The molecule has 3 aromatic heterocycles. The van der Waals surface area contributed by atoms with Gasteiger partial charge in [0.2, 0.25) is 0 Å². The Balaban J connectivity index is 0.000000108. The molecule has 30 rings (SSSR count). The Hall–Kier alpha value is -17.6. The first-order chi connectivity index (χ1) is 73.0. The Kier molecular flexibility index (Phi) is 20.1. The van der Waals surface area contributed by atoms with Gasteiger partial charge in [-0.2, -0.15) is 0 Å². The molecule has 0 radical (unpaired) electrons. The number of fused-ring (bicyclic) bond motifs is 24. The fraction of sp³-hybridized carbons (Fsp3) is 0.125. The van der Waals surface area contributed by atoms with Crippen LogP contribution in [0.3, 0.4) is 0 Å². The van der Waals surface area contributed by atoms with Gasteiger partial charge < -0.3 is 0 Å². The Morgan fingerprint density at radius 1 is 0.147 bits per heavy atom. The summed E-state index contributed by atoms with van der Waals surface area (Å²) in [6.45, 7) is 28.3. The van der Waals surface area contributed by atoms with E-state index in [1.54, 1.807) is 18.7 Å². The monoisotopic (exact) mass is 1920 g/mol. The lowest BCUT2D eigenvalue weighted by Gasteiger charge is -2.23. The van der Waals surface area contributed by atoms with Crippen LogP contribution in [-0.4, -0.2) is 29.9 Å². The quantitative estimate of drug-likeness (QED) is 0.134. The summed E-state index contributed by atoms with van der Waals surface area (Å²) < 4.78 is 0. The zero-order chi connectivity index (χ0) is 101. The smallest absolute Gasteiger partial charge is 0.160 e. The third kappa shape index (κ3) is 13.5. The van der Waals surface area contributed by atoms with Crippen LogP contribution in [0.5, 0.6) is 0 Å². The zero-order valence-electron chi connectivity index (χ0n) is 86.3. The van der Waals surface area contributed by atoms with Crippen molar-refractivity contribution in [2.24, 2.45) is 0 Å². The molecule has 24 aromatic rings. The Bertz CT molecular complexity index is 8990. The molecule has 6 aliphatic rings. The Labute approximate surface area is 875 Å². The summed E-state index contributed by atoms with van der Waals surface area (Å²) in [5.74, 6) is 0.746. The van der Waals surface area contributed by atoms with E-state index in [-0.39, 0.29) is 32.5 Å². The van der Waals surface area contributed by atoms with Crippen molar-refractivity contribution in [1.29, 1.82) is 0 Å². The predicted molar refractivity (Wildman–Crippen MR) is 625 cm³/mol. The van der Waals surface area contributed by atoms with Gasteiger partial charge in [0.15, 0.2) is 5.82 Å². The average Bonchev–Trinajstić information content (AvgIpc) is 1.22. The minimum absolute atomic E-state index is 0.0604. The molecule has 6 heteroatoms. The van der Waals surface area contributed by atoms with Gasteiger partial charge in [0.25, 0.3) is 0 Å². The lowest BCUT2D eigenvalue weighted by Crippen LogP contribution is -2.15. The van der Waals surface area contributed by atoms with Gasteiger partial charge in [0.05, 0.1) is 17.6 Å². The average molecular weight is 1920 g/mol. The van der Waals surface area contributed by atoms with E-state index in [0.717, 1.165) is 44.7 Å². The number of nitrogens with zero attached hydrogens (tertiary/aromatic N) is 6. The summed E-state index contributed by atoms with van der Waals surface area (Å²) in [6.07, 6.45) is 12.6. The highest BCUT2D eigenvalue weighted by Crippen LogP contribution is 2.60. The van der Waals surface area contributed by atoms with Crippen LogP contribution in [0.4, 0.5) is 0 Å².